The summed E-state index contributed by atoms with van der Waals surface area (Å²) in [6, 6.07) is 15.1. The van der Waals surface area contributed by atoms with Crippen molar-refractivity contribution in [3.05, 3.63) is 59.9 Å². The number of rotatable bonds is 9. The molecule has 8 nitrogen and oxygen atoms in total. The lowest BCUT2D eigenvalue weighted by molar-refractivity contribution is -0.119. The lowest BCUT2D eigenvalue weighted by Crippen LogP contribution is -2.24. The first kappa shape index (κ1) is 21.9. The van der Waals surface area contributed by atoms with Crippen molar-refractivity contribution in [1.82, 2.24) is 20.1 Å². The fourth-order valence-corrected chi connectivity index (χ4v) is 4.02. The van der Waals surface area contributed by atoms with Gasteiger partial charge in [-0.2, -0.15) is 0 Å². The molecule has 1 saturated carbocycles. The van der Waals surface area contributed by atoms with Gasteiger partial charge in [0.1, 0.15) is 11.6 Å². The maximum Gasteiger partial charge on any atom is 0.230 e. The van der Waals surface area contributed by atoms with Crippen LogP contribution in [0.2, 0.25) is 0 Å². The van der Waals surface area contributed by atoms with Gasteiger partial charge in [-0.1, -0.05) is 23.9 Å². The maximum absolute atomic E-state index is 12.4. The number of thioether (sulfide) groups is 1. The SMILES string of the molecule is COc1ccc(-n2c(C)nnc2SCC(=O)NCc2cccc(NC(=O)C3CC3)c2)cc1. The van der Waals surface area contributed by atoms with Crippen LogP contribution in [-0.2, 0) is 16.1 Å². The van der Waals surface area contributed by atoms with E-state index in [2.05, 4.69) is 20.8 Å². The minimum absolute atomic E-state index is 0.0684. The van der Waals surface area contributed by atoms with Crippen LogP contribution in [0.3, 0.4) is 0 Å². The number of amides is 2. The largest absolute Gasteiger partial charge is 0.497 e. The van der Waals surface area contributed by atoms with Gasteiger partial charge in [-0.05, 0) is 61.7 Å². The number of carbonyl (C=O) groups excluding carboxylic acids is 2. The Hall–Kier alpha value is -3.33. The molecule has 0 spiro atoms. The standard InChI is InChI=1S/C23H25N5O3S/c1-15-26-27-23(28(15)19-8-10-20(31-2)11-9-19)32-14-21(29)24-13-16-4-3-5-18(12-16)25-22(30)17-6-7-17/h3-5,8-12,17H,6-7,13-14H2,1-2H3,(H,24,29)(H,25,30). The average molecular weight is 452 g/mol. The van der Waals surface area contributed by atoms with Gasteiger partial charge in [0.05, 0.1) is 12.9 Å². The fraction of sp³-hybridized carbons (Fsp3) is 0.304. The van der Waals surface area contributed by atoms with Crippen LogP contribution in [0, 0.1) is 12.8 Å². The maximum atomic E-state index is 12.4. The van der Waals surface area contributed by atoms with Crippen molar-refractivity contribution in [3.63, 3.8) is 0 Å². The van der Waals surface area contributed by atoms with E-state index in [1.807, 2.05) is 60.0 Å². The quantitative estimate of drug-likeness (QED) is 0.484. The Balaban J connectivity index is 1.31. The van der Waals surface area contributed by atoms with Crippen LogP contribution in [0.15, 0.2) is 53.7 Å². The Labute approximate surface area is 190 Å². The number of hydrogen-bond donors (Lipinski definition) is 2. The summed E-state index contributed by atoms with van der Waals surface area (Å²) in [6.45, 7) is 2.26. The number of aryl methyl sites for hydroxylation is 1. The second kappa shape index (κ2) is 9.86. The first-order valence-electron chi connectivity index (χ1n) is 10.4. The number of aromatic nitrogens is 3. The molecule has 0 radical (unpaired) electrons. The number of hydrogen-bond acceptors (Lipinski definition) is 6. The molecule has 0 unspecified atom stereocenters. The van der Waals surface area contributed by atoms with E-state index in [1.165, 1.54) is 11.8 Å². The van der Waals surface area contributed by atoms with Crippen molar-refractivity contribution >= 4 is 29.3 Å². The Bertz CT molecular complexity index is 1110. The topological polar surface area (TPSA) is 98.1 Å². The molecule has 1 heterocycles. The highest BCUT2D eigenvalue weighted by atomic mass is 32.2. The molecule has 1 aliphatic rings. The van der Waals surface area contributed by atoms with Crippen molar-refractivity contribution < 1.29 is 14.3 Å². The third-order valence-corrected chi connectivity index (χ3v) is 6.02. The van der Waals surface area contributed by atoms with Crippen molar-refractivity contribution in [2.24, 2.45) is 5.92 Å². The number of benzene rings is 2. The van der Waals surface area contributed by atoms with E-state index in [4.69, 9.17) is 4.74 Å². The summed E-state index contributed by atoms with van der Waals surface area (Å²) in [6.07, 6.45) is 1.93. The fourth-order valence-electron chi connectivity index (χ4n) is 3.20. The van der Waals surface area contributed by atoms with Crippen LogP contribution in [0.4, 0.5) is 5.69 Å². The molecule has 0 bridgehead atoms. The summed E-state index contributed by atoms with van der Waals surface area (Å²) >= 11 is 1.33. The third-order valence-electron chi connectivity index (χ3n) is 5.09. The zero-order chi connectivity index (χ0) is 22.5. The molecule has 1 aliphatic carbocycles. The van der Waals surface area contributed by atoms with Crippen molar-refractivity contribution in [2.45, 2.75) is 31.5 Å². The number of ether oxygens (including phenoxy) is 1. The van der Waals surface area contributed by atoms with Gasteiger partial charge in [-0.3, -0.25) is 14.2 Å². The normalized spacial score (nSPS) is 12.9. The molecular formula is C23H25N5O3S. The van der Waals surface area contributed by atoms with Gasteiger partial charge in [0, 0.05) is 23.8 Å². The highest BCUT2D eigenvalue weighted by molar-refractivity contribution is 7.99. The van der Waals surface area contributed by atoms with Gasteiger partial charge in [0.15, 0.2) is 5.16 Å². The average Bonchev–Trinajstić information content (AvgIpc) is 3.60. The molecule has 2 aromatic carbocycles. The Morgan fingerprint density at radius 2 is 1.94 bits per heavy atom. The van der Waals surface area contributed by atoms with Gasteiger partial charge in [-0.15, -0.1) is 10.2 Å². The molecule has 3 aromatic rings. The monoisotopic (exact) mass is 451 g/mol. The molecule has 2 amide bonds. The lowest BCUT2D eigenvalue weighted by atomic mass is 10.2. The second-order valence-corrected chi connectivity index (χ2v) is 8.54. The van der Waals surface area contributed by atoms with Gasteiger partial charge in [0.2, 0.25) is 11.8 Å². The minimum Gasteiger partial charge on any atom is -0.497 e. The number of carbonyl (C=O) groups is 2. The Morgan fingerprint density at radius 3 is 2.66 bits per heavy atom. The summed E-state index contributed by atoms with van der Waals surface area (Å²) in [7, 11) is 1.62. The van der Waals surface area contributed by atoms with Gasteiger partial charge >= 0.3 is 0 Å². The second-order valence-electron chi connectivity index (χ2n) is 7.59. The van der Waals surface area contributed by atoms with E-state index < -0.39 is 0 Å². The van der Waals surface area contributed by atoms with Crippen LogP contribution >= 0.6 is 11.8 Å². The molecular weight excluding hydrogens is 426 g/mol. The molecule has 0 aliphatic heterocycles. The van der Waals surface area contributed by atoms with E-state index >= 15 is 0 Å². The van der Waals surface area contributed by atoms with E-state index in [1.54, 1.807) is 7.11 Å². The summed E-state index contributed by atoms with van der Waals surface area (Å²) in [5, 5.41) is 14.9. The highest BCUT2D eigenvalue weighted by Gasteiger charge is 2.29. The zero-order valence-corrected chi connectivity index (χ0v) is 18.8. The minimum atomic E-state index is -0.107. The van der Waals surface area contributed by atoms with Crippen LogP contribution in [0.5, 0.6) is 5.75 Å². The summed E-state index contributed by atoms with van der Waals surface area (Å²) in [5.74, 6) is 1.83. The molecule has 2 N–H and O–H groups in total. The molecule has 166 valence electrons. The van der Waals surface area contributed by atoms with E-state index in [0.29, 0.717) is 11.7 Å². The lowest BCUT2D eigenvalue weighted by Gasteiger charge is -2.10. The van der Waals surface area contributed by atoms with Gasteiger partial charge in [0.25, 0.3) is 0 Å². The van der Waals surface area contributed by atoms with Crippen molar-refractivity contribution in [3.8, 4) is 11.4 Å². The molecule has 32 heavy (non-hydrogen) atoms. The number of methoxy groups -OCH3 is 1. The molecule has 0 saturated heterocycles. The highest BCUT2D eigenvalue weighted by Crippen LogP contribution is 2.30. The molecule has 0 atom stereocenters. The number of nitrogens with zero attached hydrogens (tertiary/aromatic N) is 3. The van der Waals surface area contributed by atoms with Crippen molar-refractivity contribution in [2.75, 3.05) is 18.2 Å². The number of nitrogens with one attached hydrogen (secondary N) is 2. The summed E-state index contributed by atoms with van der Waals surface area (Å²) in [4.78, 5) is 24.3. The van der Waals surface area contributed by atoms with E-state index in [9.17, 15) is 9.59 Å². The molecule has 1 aromatic heterocycles. The first-order chi connectivity index (χ1) is 15.5. The van der Waals surface area contributed by atoms with Crippen LogP contribution in [0.25, 0.3) is 5.69 Å². The third kappa shape index (κ3) is 5.47. The van der Waals surface area contributed by atoms with Crippen LogP contribution < -0.4 is 15.4 Å². The molecule has 9 heteroatoms. The Kier molecular flexibility index (Phi) is 6.75. The predicted octanol–water partition coefficient (Wildman–Crippen LogP) is 3.34. The van der Waals surface area contributed by atoms with Gasteiger partial charge in [-0.25, -0.2) is 0 Å². The summed E-state index contributed by atoms with van der Waals surface area (Å²) in [5.41, 5.74) is 2.58. The van der Waals surface area contributed by atoms with Crippen LogP contribution in [0.1, 0.15) is 24.2 Å². The van der Waals surface area contributed by atoms with Crippen molar-refractivity contribution in [1.29, 1.82) is 0 Å². The van der Waals surface area contributed by atoms with E-state index in [-0.39, 0.29) is 23.5 Å². The zero-order valence-electron chi connectivity index (χ0n) is 18.0. The molecule has 1 fully saturated rings. The van der Waals surface area contributed by atoms with E-state index in [0.717, 1.165) is 41.4 Å². The predicted molar refractivity (Wildman–Crippen MR) is 123 cm³/mol. The number of anilines is 1. The first-order valence-corrected chi connectivity index (χ1v) is 11.4. The smallest absolute Gasteiger partial charge is 0.230 e. The Morgan fingerprint density at radius 1 is 1.16 bits per heavy atom. The summed E-state index contributed by atoms with van der Waals surface area (Å²) < 4.78 is 7.12. The molecule has 4 rings (SSSR count). The van der Waals surface area contributed by atoms with Crippen LogP contribution in [-0.4, -0.2) is 39.4 Å². The van der Waals surface area contributed by atoms with Gasteiger partial charge < -0.3 is 15.4 Å².